The normalized spacial score (nSPS) is 16.1. The Hall–Kier alpha value is -1.42. The van der Waals surface area contributed by atoms with E-state index in [0.717, 1.165) is 25.7 Å². The van der Waals surface area contributed by atoms with E-state index in [0.29, 0.717) is 16.5 Å². The molecule has 0 radical (unpaired) electrons. The van der Waals surface area contributed by atoms with Crippen LogP contribution in [0.25, 0.3) is 0 Å². The molecule has 1 saturated carbocycles. The van der Waals surface area contributed by atoms with Crippen LogP contribution in [0.5, 0.6) is 5.75 Å². The SMILES string of the molecule is COC(=O)c1cc(N)cc(Cl)c1OC1CCCCC1. The third kappa shape index (κ3) is 3.32. The second-order valence-corrected chi connectivity index (χ2v) is 5.16. The molecular formula is C14H18ClNO3. The molecule has 0 aromatic heterocycles. The van der Waals surface area contributed by atoms with Crippen LogP contribution in [0.2, 0.25) is 5.02 Å². The number of halogens is 1. The Balaban J connectivity index is 2.28. The van der Waals surface area contributed by atoms with Crippen LogP contribution in [0.1, 0.15) is 42.5 Å². The van der Waals surface area contributed by atoms with Gasteiger partial charge >= 0.3 is 5.97 Å². The molecule has 0 bridgehead atoms. The number of methoxy groups -OCH3 is 1. The third-order valence-corrected chi connectivity index (χ3v) is 3.59. The highest BCUT2D eigenvalue weighted by molar-refractivity contribution is 6.33. The average Bonchev–Trinajstić information content (AvgIpc) is 2.42. The molecule has 0 saturated heterocycles. The molecule has 2 rings (SSSR count). The Labute approximate surface area is 117 Å². The molecule has 1 fully saturated rings. The summed E-state index contributed by atoms with van der Waals surface area (Å²) in [7, 11) is 1.32. The van der Waals surface area contributed by atoms with Crippen molar-refractivity contribution >= 4 is 23.3 Å². The van der Waals surface area contributed by atoms with E-state index >= 15 is 0 Å². The number of rotatable bonds is 3. The molecule has 19 heavy (non-hydrogen) atoms. The van der Waals surface area contributed by atoms with Crippen molar-refractivity contribution in [1.29, 1.82) is 0 Å². The molecule has 4 nitrogen and oxygen atoms in total. The summed E-state index contributed by atoms with van der Waals surface area (Å²) in [5, 5.41) is 0.353. The predicted octanol–water partition coefficient (Wildman–Crippen LogP) is 3.42. The first-order valence-electron chi connectivity index (χ1n) is 6.46. The standard InChI is InChI=1S/C14H18ClNO3/c1-18-14(17)11-7-9(16)8-12(15)13(11)19-10-5-3-2-4-6-10/h7-8,10H,2-6,16H2,1H3. The van der Waals surface area contributed by atoms with Gasteiger partial charge in [0.05, 0.1) is 18.2 Å². The van der Waals surface area contributed by atoms with Gasteiger partial charge in [0, 0.05) is 5.69 Å². The second kappa shape index (κ2) is 6.15. The lowest BCUT2D eigenvalue weighted by atomic mass is 9.97. The summed E-state index contributed by atoms with van der Waals surface area (Å²) in [6.45, 7) is 0. The van der Waals surface area contributed by atoms with Crippen LogP contribution in [0.4, 0.5) is 5.69 Å². The minimum Gasteiger partial charge on any atom is -0.488 e. The minimum atomic E-state index is -0.486. The molecule has 1 aromatic rings. The Kier molecular flexibility index (Phi) is 4.53. The van der Waals surface area contributed by atoms with Gasteiger partial charge in [-0.05, 0) is 37.8 Å². The molecule has 0 heterocycles. The zero-order chi connectivity index (χ0) is 13.8. The highest BCUT2D eigenvalue weighted by Gasteiger charge is 2.22. The Morgan fingerprint density at radius 3 is 2.63 bits per heavy atom. The molecule has 0 atom stereocenters. The maximum absolute atomic E-state index is 11.8. The fourth-order valence-corrected chi connectivity index (χ4v) is 2.62. The van der Waals surface area contributed by atoms with Gasteiger partial charge in [0.2, 0.25) is 0 Å². The monoisotopic (exact) mass is 283 g/mol. The largest absolute Gasteiger partial charge is 0.488 e. The average molecular weight is 284 g/mol. The molecule has 2 N–H and O–H groups in total. The third-order valence-electron chi connectivity index (χ3n) is 3.31. The van der Waals surface area contributed by atoms with E-state index in [-0.39, 0.29) is 11.7 Å². The molecule has 0 unspecified atom stereocenters. The minimum absolute atomic E-state index is 0.110. The molecule has 0 aliphatic heterocycles. The Morgan fingerprint density at radius 1 is 1.32 bits per heavy atom. The Bertz CT molecular complexity index is 470. The van der Waals surface area contributed by atoms with Crippen LogP contribution < -0.4 is 10.5 Å². The number of benzene rings is 1. The van der Waals surface area contributed by atoms with Crippen molar-refractivity contribution in [2.24, 2.45) is 0 Å². The fraction of sp³-hybridized carbons (Fsp3) is 0.500. The zero-order valence-corrected chi connectivity index (χ0v) is 11.7. The molecule has 1 aliphatic carbocycles. The van der Waals surface area contributed by atoms with Crippen LogP contribution in [-0.2, 0) is 4.74 Å². The lowest BCUT2D eigenvalue weighted by Gasteiger charge is -2.24. The number of ether oxygens (including phenoxy) is 2. The van der Waals surface area contributed by atoms with E-state index in [1.54, 1.807) is 6.07 Å². The van der Waals surface area contributed by atoms with Gasteiger partial charge in [0.15, 0.2) is 5.75 Å². The maximum Gasteiger partial charge on any atom is 0.341 e. The van der Waals surface area contributed by atoms with Gasteiger partial charge in [0.25, 0.3) is 0 Å². The topological polar surface area (TPSA) is 61.5 Å². The number of nitrogens with two attached hydrogens (primary N) is 1. The maximum atomic E-state index is 11.8. The first kappa shape index (κ1) is 14.0. The quantitative estimate of drug-likeness (QED) is 0.682. The second-order valence-electron chi connectivity index (χ2n) is 4.75. The molecule has 5 heteroatoms. The van der Waals surface area contributed by atoms with E-state index in [1.165, 1.54) is 19.6 Å². The van der Waals surface area contributed by atoms with Crippen LogP contribution in [0, 0.1) is 0 Å². The highest BCUT2D eigenvalue weighted by Crippen LogP contribution is 2.34. The summed E-state index contributed by atoms with van der Waals surface area (Å²) in [6, 6.07) is 3.13. The summed E-state index contributed by atoms with van der Waals surface area (Å²) in [5.74, 6) is -0.102. The summed E-state index contributed by atoms with van der Waals surface area (Å²) < 4.78 is 10.6. The van der Waals surface area contributed by atoms with Crippen molar-refractivity contribution in [3.05, 3.63) is 22.7 Å². The molecule has 0 spiro atoms. The van der Waals surface area contributed by atoms with Crippen LogP contribution >= 0.6 is 11.6 Å². The number of hydrogen-bond donors (Lipinski definition) is 1. The fourth-order valence-electron chi connectivity index (χ4n) is 2.35. The van der Waals surface area contributed by atoms with Crippen LogP contribution in [0.15, 0.2) is 12.1 Å². The van der Waals surface area contributed by atoms with Crippen LogP contribution in [-0.4, -0.2) is 19.2 Å². The number of nitrogen functional groups attached to an aromatic ring is 1. The lowest BCUT2D eigenvalue weighted by molar-refractivity contribution is 0.0590. The summed E-state index contributed by atoms with van der Waals surface area (Å²) in [4.78, 5) is 11.8. The number of hydrogen-bond acceptors (Lipinski definition) is 4. The molecule has 0 amide bonds. The van der Waals surface area contributed by atoms with Crippen molar-refractivity contribution in [3.63, 3.8) is 0 Å². The van der Waals surface area contributed by atoms with Gasteiger partial charge in [-0.3, -0.25) is 0 Å². The summed E-state index contributed by atoms with van der Waals surface area (Å²) >= 11 is 6.14. The lowest BCUT2D eigenvalue weighted by Crippen LogP contribution is -2.21. The zero-order valence-electron chi connectivity index (χ0n) is 10.9. The van der Waals surface area contributed by atoms with Crippen molar-refractivity contribution in [3.8, 4) is 5.75 Å². The van der Waals surface area contributed by atoms with Crippen molar-refractivity contribution in [1.82, 2.24) is 0 Å². The Morgan fingerprint density at radius 2 is 2.00 bits per heavy atom. The van der Waals surface area contributed by atoms with Crippen LogP contribution in [0.3, 0.4) is 0 Å². The van der Waals surface area contributed by atoms with Gasteiger partial charge in [-0.25, -0.2) is 4.79 Å². The van der Waals surface area contributed by atoms with Gasteiger partial charge in [-0.15, -0.1) is 0 Å². The van der Waals surface area contributed by atoms with Crippen molar-refractivity contribution in [2.45, 2.75) is 38.2 Å². The first-order chi connectivity index (χ1) is 9.11. The smallest absolute Gasteiger partial charge is 0.341 e. The highest BCUT2D eigenvalue weighted by atomic mass is 35.5. The number of esters is 1. The van der Waals surface area contributed by atoms with Gasteiger partial charge in [-0.2, -0.15) is 0 Å². The van der Waals surface area contributed by atoms with E-state index in [4.69, 9.17) is 26.8 Å². The van der Waals surface area contributed by atoms with E-state index in [9.17, 15) is 4.79 Å². The number of carbonyl (C=O) groups is 1. The summed E-state index contributed by atoms with van der Waals surface area (Å²) in [5.41, 5.74) is 6.41. The molecule has 104 valence electrons. The van der Waals surface area contributed by atoms with Crippen molar-refractivity contribution in [2.75, 3.05) is 12.8 Å². The van der Waals surface area contributed by atoms with E-state index in [1.807, 2.05) is 0 Å². The van der Waals surface area contributed by atoms with E-state index < -0.39 is 5.97 Å². The van der Waals surface area contributed by atoms with Gasteiger partial charge in [0.1, 0.15) is 5.56 Å². The van der Waals surface area contributed by atoms with Gasteiger partial charge < -0.3 is 15.2 Å². The van der Waals surface area contributed by atoms with E-state index in [2.05, 4.69) is 0 Å². The van der Waals surface area contributed by atoms with Crippen molar-refractivity contribution < 1.29 is 14.3 Å². The predicted molar refractivity (Wildman–Crippen MR) is 74.7 cm³/mol. The number of carbonyl (C=O) groups excluding carboxylic acids is 1. The molecule has 1 aliphatic rings. The molecule has 1 aromatic carbocycles. The molecular weight excluding hydrogens is 266 g/mol. The number of anilines is 1. The van der Waals surface area contributed by atoms with Gasteiger partial charge in [-0.1, -0.05) is 18.0 Å². The summed E-state index contributed by atoms with van der Waals surface area (Å²) in [6.07, 6.45) is 5.61. The first-order valence-corrected chi connectivity index (χ1v) is 6.83.